The monoisotopic (exact) mass is 1090 g/mol. The first-order valence-electron chi connectivity index (χ1n) is 24.7. The molecule has 0 atom stereocenters. The minimum Gasteiger partial charge on any atom is -0.439 e. The molecule has 2 heterocycles. The SMILES string of the molecule is O=S(=O)(O)C1=C(/C=C\c2ccc(Nc3cc(Oc4ccc5ccccc5c4)nc(Oc4ccc5ccccc5c4)n3)cc2S(=O)(=O)O)C=CC(=Nc2cc(Oc3ccc4ccccc4c3)nc(Oc3ccc4ccccc4c3)n2)C1. The van der Waals surface area contributed by atoms with Crippen LogP contribution in [0.5, 0.6) is 46.8 Å². The van der Waals surface area contributed by atoms with E-state index in [1.54, 1.807) is 24.3 Å². The molecule has 11 aromatic rings. The maximum absolute atomic E-state index is 13.0. The number of nitrogens with one attached hydrogen (secondary N) is 1. The van der Waals surface area contributed by atoms with Crippen molar-refractivity contribution >= 4 is 92.4 Å². The summed E-state index contributed by atoms with van der Waals surface area (Å²) in [5.74, 6) is 2.24. The highest BCUT2D eigenvalue weighted by atomic mass is 32.2. The number of nitrogens with zero attached hydrogens (tertiary/aromatic N) is 5. The number of aliphatic imine (C=N–C) groups is 1. The van der Waals surface area contributed by atoms with Crippen LogP contribution in [-0.4, -0.2) is 51.6 Å². The van der Waals surface area contributed by atoms with Gasteiger partial charge in [-0.05, 0) is 121 Å². The summed E-state index contributed by atoms with van der Waals surface area (Å²) in [6.45, 7) is 0. The third-order valence-electron chi connectivity index (χ3n) is 12.8. The van der Waals surface area contributed by atoms with Gasteiger partial charge in [0.25, 0.3) is 20.2 Å². The van der Waals surface area contributed by atoms with Crippen molar-refractivity contribution in [2.24, 2.45) is 4.99 Å². The van der Waals surface area contributed by atoms with Gasteiger partial charge >= 0.3 is 12.0 Å². The molecule has 9 aromatic carbocycles. The molecule has 12 rings (SSSR count). The Bertz CT molecular complexity index is 4440. The van der Waals surface area contributed by atoms with Gasteiger partial charge in [0.2, 0.25) is 11.8 Å². The van der Waals surface area contributed by atoms with Crippen LogP contribution in [0.3, 0.4) is 0 Å². The fraction of sp³-hybridized carbons (Fsp3) is 0.0161. The van der Waals surface area contributed by atoms with Crippen molar-refractivity contribution < 1.29 is 44.9 Å². The molecular formula is C62H42N6O10S2. The normalized spacial score (nSPS) is 13.4. The number of hydrogen-bond acceptors (Lipinski definition) is 14. The Labute approximate surface area is 457 Å². The summed E-state index contributed by atoms with van der Waals surface area (Å²) in [6.07, 6.45) is 5.13. The molecule has 0 aliphatic heterocycles. The number of anilines is 2. The van der Waals surface area contributed by atoms with Crippen LogP contribution in [0.2, 0.25) is 0 Å². The highest BCUT2D eigenvalue weighted by Gasteiger charge is 2.24. The Kier molecular flexibility index (Phi) is 13.5. The number of fused-ring (bicyclic) bond motifs is 4. The van der Waals surface area contributed by atoms with Crippen molar-refractivity contribution in [3.05, 3.63) is 234 Å². The van der Waals surface area contributed by atoms with Gasteiger partial charge in [0.1, 0.15) is 33.7 Å². The van der Waals surface area contributed by atoms with Gasteiger partial charge in [-0.25, -0.2) is 4.99 Å². The smallest absolute Gasteiger partial charge is 0.327 e. The fourth-order valence-corrected chi connectivity index (χ4v) is 10.5. The molecule has 3 N–H and O–H groups in total. The number of rotatable bonds is 15. The van der Waals surface area contributed by atoms with Gasteiger partial charge in [0.05, 0.1) is 4.91 Å². The number of hydrogen-bond donors (Lipinski definition) is 3. The van der Waals surface area contributed by atoms with E-state index >= 15 is 0 Å². The lowest BCUT2D eigenvalue weighted by Gasteiger charge is -2.14. The predicted octanol–water partition coefficient (Wildman–Crippen LogP) is 14.9. The second-order valence-corrected chi connectivity index (χ2v) is 21.2. The average molecular weight is 1100 g/mol. The van der Waals surface area contributed by atoms with Gasteiger partial charge in [-0.15, -0.1) is 0 Å². The van der Waals surface area contributed by atoms with E-state index in [-0.39, 0.29) is 58.0 Å². The molecule has 0 fully saturated rings. The number of ether oxygens (including phenoxy) is 4. The predicted molar refractivity (Wildman–Crippen MR) is 308 cm³/mol. The zero-order chi connectivity index (χ0) is 54.8. The highest BCUT2D eigenvalue weighted by Crippen LogP contribution is 2.35. The van der Waals surface area contributed by atoms with Crippen LogP contribution in [0.25, 0.3) is 49.2 Å². The van der Waals surface area contributed by atoms with Crippen LogP contribution in [0, 0.1) is 0 Å². The standard InChI is InChI=1S/C62H42N6O10S2/c69-79(70,71)55-35-49(63-57-37-59(75-51-27-21-39-9-1-5-13-45(39)31-51)67-61(65-57)77-53-29-23-41-11-3-7-15-47(41)33-53)25-19-43(55)17-18-44-20-26-50(36-56(44)80(72,73)74)64-58-38-60(76-52-28-22-40-10-2-6-14-46(40)32-52)68-62(66-58)78-54-30-24-42-12-4-8-16-48(42)34-54/h1-35,37-38H,36H2,(H,63,65,67)(H,69,70,71)(H,72,73,74)/b18-17-,64-50?. The Morgan fingerprint density at radius 2 is 0.912 bits per heavy atom. The number of benzene rings is 9. The Balaban J connectivity index is 0.828. The highest BCUT2D eigenvalue weighted by molar-refractivity contribution is 7.89. The van der Waals surface area contributed by atoms with E-state index in [1.165, 1.54) is 54.6 Å². The van der Waals surface area contributed by atoms with Crippen molar-refractivity contribution in [2.45, 2.75) is 11.3 Å². The summed E-state index contributed by atoms with van der Waals surface area (Å²) in [4.78, 5) is 21.8. The van der Waals surface area contributed by atoms with E-state index in [0.29, 0.717) is 23.0 Å². The van der Waals surface area contributed by atoms with E-state index in [2.05, 4.69) is 30.2 Å². The zero-order valence-corrected chi connectivity index (χ0v) is 43.4. The molecule has 0 spiro atoms. The van der Waals surface area contributed by atoms with Crippen LogP contribution in [-0.2, 0) is 20.2 Å². The summed E-state index contributed by atoms with van der Waals surface area (Å²) >= 11 is 0. The molecule has 0 saturated heterocycles. The first-order valence-corrected chi connectivity index (χ1v) is 27.6. The lowest BCUT2D eigenvalue weighted by Crippen LogP contribution is -2.12. The second kappa shape index (κ2) is 21.4. The number of allylic oxidation sites excluding steroid dienone is 5. The molecule has 1 aliphatic carbocycles. The first-order chi connectivity index (χ1) is 38.8. The van der Waals surface area contributed by atoms with Crippen LogP contribution >= 0.6 is 0 Å². The molecule has 392 valence electrons. The van der Waals surface area contributed by atoms with Crippen molar-refractivity contribution in [3.8, 4) is 46.8 Å². The van der Waals surface area contributed by atoms with E-state index in [0.717, 1.165) is 43.1 Å². The summed E-state index contributed by atoms with van der Waals surface area (Å²) in [5.41, 5.74) is 0.351. The first kappa shape index (κ1) is 50.7. The largest absolute Gasteiger partial charge is 0.439 e. The van der Waals surface area contributed by atoms with E-state index in [1.807, 2.05) is 146 Å². The van der Waals surface area contributed by atoms with Crippen LogP contribution in [0.15, 0.2) is 239 Å². The van der Waals surface area contributed by atoms with Crippen molar-refractivity contribution in [1.82, 2.24) is 19.9 Å². The Morgan fingerprint density at radius 1 is 0.450 bits per heavy atom. The van der Waals surface area contributed by atoms with Gasteiger partial charge in [0, 0.05) is 30.0 Å². The summed E-state index contributed by atoms with van der Waals surface area (Å²) < 4.78 is 98.0. The van der Waals surface area contributed by atoms with E-state index in [4.69, 9.17) is 18.9 Å². The quantitative estimate of drug-likeness (QED) is 0.0813. The van der Waals surface area contributed by atoms with Crippen molar-refractivity contribution in [3.63, 3.8) is 0 Å². The molecule has 80 heavy (non-hydrogen) atoms. The molecule has 1 aliphatic rings. The summed E-state index contributed by atoms with van der Waals surface area (Å²) in [5, 5.41) is 10.8. The molecule has 0 radical (unpaired) electrons. The maximum atomic E-state index is 13.0. The van der Waals surface area contributed by atoms with E-state index in [9.17, 15) is 25.9 Å². The lowest BCUT2D eigenvalue weighted by atomic mass is 10.0. The third-order valence-corrected chi connectivity index (χ3v) is 14.7. The van der Waals surface area contributed by atoms with Gasteiger partial charge in [-0.2, -0.15) is 36.8 Å². The van der Waals surface area contributed by atoms with E-state index < -0.39 is 36.5 Å². The Morgan fingerprint density at radius 3 is 1.40 bits per heavy atom. The topological polar surface area (TPSA) is 222 Å². The molecule has 0 saturated carbocycles. The summed E-state index contributed by atoms with van der Waals surface area (Å²) in [7, 11) is -9.79. The van der Waals surface area contributed by atoms with Gasteiger partial charge in [-0.3, -0.25) is 9.11 Å². The second-order valence-electron chi connectivity index (χ2n) is 18.3. The molecule has 0 amide bonds. The summed E-state index contributed by atoms with van der Waals surface area (Å²) in [6, 6.07) is 60.2. The van der Waals surface area contributed by atoms with Crippen LogP contribution < -0.4 is 24.3 Å². The van der Waals surface area contributed by atoms with Crippen molar-refractivity contribution in [2.75, 3.05) is 5.32 Å². The van der Waals surface area contributed by atoms with Crippen molar-refractivity contribution in [1.29, 1.82) is 0 Å². The fourth-order valence-electron chi connectivity index (χ4n) is 9.01. The average Bonchev–Trinajstić information content (AvgIpc) is 3.47. The lowest BCUT2D eigenvalue weighted by molar-refractivity contribution is 0.412. The molecule has 16 nitrogen and oxygen atoms in total. The van der Waals surface area contributed by atoms with Crippen LogP contribution in [0.1, 0.15) is 12.0 Å². The Hall–Kier alpha value is -10.1. The zero-order valence-electron chi connectivity index (χ0n) is 41.8. The minimum absolute atomic E-state index is 0.0113. The molecule has 0 bridgehead atoms. The molecular weight excluding hydrogens is 1050 g/mol. The minimum atomic E-state index is -4.91. The molecule has 2 aromatic heterocycles. The molecule has 18 heteroatoms. The van der Waals surface area contributed by atoms with Crippen LogP contribution in [0.4, 0.5) is 17.3 Å². The molecule has 0 unspecified atom stereocenters. The van der Waals surface area contributed by atoms with Gasteiger partial charge in [0.15, 0.2) is 5.82 Å². The van der Waals surface area contributed by atoms with Gasteiger partial charge < -0.3 is 24.3 Å². The van der Waals surface area contributed by atoms with Gasteiger partial charge in [-0.1, -0.05) is 146 Å². The number of aromatic nitrogens is 4. The third kappa shape index (κ3) is 11.7. The maximum Gasteiger partial charge on any atom is 0.327 e.